The highest BCUT2D eigenvalue weighted by molar-refractivity contribution is 5.87. The highest BCUT2D eigenvalue weighted by Gasteiger charge is 2.63. The number of fused-ring (bicyclic) bond motifs is 5. The van der Waals surface area contributed by atoms with Crippen LogP contribution in [0.15, 0.2) is 60.7 Å². The van der Waals surface area contributed by atoms with Gasteiger partial charge in [-0.05, 0) is 25.1 Å². The van der Waals surface area contributed by atoms with E-state index in [1.165, 1.54) is 0 Å². The Morgan fingerprint density at radius 1 is 0.963 bits per heavy atom. The predicted molar refractivity (Wildman–Crippen MR) is 102 cm³/mol. The summed E-state index contributed by atoms with van der Waals surface area (Å²) in [6.45, 7) is 1.98. The minimum atomic E-state index is -0.815. The van der Waals surface area contributed by atoms with Gasteiger partial charge in [0, 0.05) is 24.9 Å². The van der Waals surface area contributed by atoms with E-state index in [-0.39, 0.29) is 12.1 Å². The van der Waals surface area contributed by atoms with E-state index in [9.17, 15) is 4.79 Å². The number of hydrogen-bond acceptors (Lipinski definition) is 4. The second kappa shape index (κ2) is 6.18. The Labute approximate surface area is 160 Å². The maximum absolute atomic E-state index is 13.5. The molecule has 140 valence electrons. The first kappa shape index (κ1) is 17.0. The molecule has 2 aromatic carbocycles. The average Bonchev–Trinajstić information content (AvgIpc) is 3.47. The molecule has 0 spiro atoms. The van der Waals surface area contributed by atoms with Crippen molar-refractivity contribution >= 4 is 5.97 Å². The highest BCUT2D eigenvalue weighted by atomic mass is 16.6. The second-order valence-electron chi connectivity index (χ2n) is 8.22. The third-order valence-corrected chi connectivity index (χ3v) is 6.76. The summed E-state index contributed by atoms with van der Waals surface area (Å²) in [5, 5.41) is 0. The molecule has 3 aliphatic heterocycles. The van der Waals surface area contributed by atoms with Crippen LogP contribution in [0.1, 0.15) is 30.9 Å². The van der Waals surface area contributed by atoms with Gasteiger partial charge < -0.3 is 9.47 Å². The molecule has 5 rings (SSSR count). The van der Waals surface area contributed by atoms with Crippen LogP contribution in [0.25, 0.3) is 0 Å². The first-order valence-electron chi connectivity index (χ1n) is 9.78. The van der Waals surface area contributed by atoms with Gasteiger partial charge in [0.25, 0.3) is 0 Å². The van der Waals surface area contributed by atoms with Gasteiger partial charge >= 0.3 is 5.97 Å². The normalized spacial score (nSPS) is 32.0. The van der Waals surface area contributed by atoms with Crippen molar-refractivity contribution in [3.63, 3.8) is 0 Å². The quantitative estimate of drug-likeness (QED) is 0.618. The predicted octanol–water partition coefficient (Wildman–Crippen LogP) is 3.15. The molecule has 0 aromatic heterocycles. The number of nitrogens with zero attached hydrogens (tertiary/aromatic N) is 1. The van der Waals surface area contributed by atoms with Crippen molar-refractivity contribution in [3.05, 3.63) is 71.8 Å². The zero-order valence-electron chi connectivity index (χ0n) is 15.7. The maximum Gasteiger partial charge on any atom is 0.321 e. The van der Waals surface area contributed by atoms with E-state index in [0.717, 1.165) is 24.0 Å². The summed E-state index contributed by atoms with van der Waals surface area (Å²) >= 11 is 0. The summed E-state index contributed by atoms with van der Waals surface area (Å²) in [6.07, 6.45) is 2.38. The Bertz CT molecular complexity index is 780. The summed E-state index contributed by atoms with van der Waals surface area (Å²) in [5.74, 6) is -0.163. The number of piperidine rings is 1. The van der Waals surface area contributed by atoms with E-state index in [4.69, 9.17) is 9.47 Å². The number of carbonyl (C=O) groups excluding carboxylic acids is 1. The van der Waals surface area contributed by atoms with Crippen LogP contribution in [0.5, 0.6) is 0 Å². The molecule has 27 heavy (non-hydrogen) atoms. The molecule has 0 amide bonds. The zero-order valence-corrected chi connectivity index (χ0v) is 15.7. The van der Waals surface area contributed by atoms with Gasteiger partial charge in [-0.1, -0.05) is 60.7 Å². The maximum atomic E-state index is 13.5. The van der Waals surface area contributed by atoms with Crippen molar-refractivity contribution < 1.29 is 14.3 Å². The van der Waals surface area contributed by atoms with Crippen LogP contribution >= 0.6 is 0 Å². The Balaban J connectivity index is 1.42. The van der Waals surface area contributed by atoms with E-state index in [0.29, 0.717) is 24.3 Å². The van der Waals surface area contributed by atoms with E-state index in [1.54, 1.807) is 0 Å². The fourth-order valence-electron chi connectivity index (χ4n) is 5.01. The van der Waals surface area contributed by atoms with Gasteiger partial charge in [0.15, 0.2) is 0 Å². The van der Waals surface area contributed by atoms with Gasteiger partial charge in [0.2, 0.25) is 0 Å². The molecule has 5 atom stereocenters. The number of benzene rings is 2. The number of ether oxygens (including phenoxy) is 2. The van der Waals surface area contributed by atoms with Gasteiger partial charge in [-0.3, -0.25) is 9.69 Å². The van der Waals surface area contributed by atoms with E-state index in [1.807, 2.05) is 67.6 Å². The number of carbonyl (C=O) groups is 1. The zero-order chi connectivity index (χ0) is 18.6. The minimum Gasteiger partial charge on any atom is -0.461 e. The smallest absolute Gasteiger partial charge is 0.321 e. The molecule has 0 aliphatic carbocycles. The summed E-state index contributed by atoms with van der Waals surface area (Å²) < 4.78 is 11.9. The van der Waals surface area contributed by atoms with Crippen molar-refractivity contribution in [3.8, 4) is 0 Å². The summed E-state index contributed by atoms with van der Waals surface area (Å²) in [4.78, 5) is 15.9. The molecular formula is C23H25NO3. The Morgan fingerprint density at radius 3 is 1.93 bits per heavy atom. The molecule has 3 saturated heterocycles. The monoisotopic (exact) mass is 363 g/mol. The van der Waals surface area contributed by atoms with Crippen LogP contribution in [0.2, 0.25) is 0 Å². The molecule has 4 nitrogen and oxygen atoms in total. The molecule has 3 fully saturated rings. The van der Waals surface area contributed by atoms with Gasteiger partial charge in [0.05, 0.1) is 0 Å². The van der Waals surface area contributed by atoms with Crippen molar-refractivity contribution in [2.45, 2.75) is 55.6 Å². The molecule has 0 radical (unpaired) electrons. The van der Waals surface area contributed by atoms with E-state index in [2.05, 4.69) is 11.9 Å². The van der Waals surface area contributed by atoms with Gasteiger partial charge in [-0.2, -0.15) is 0 Å². The topological polar surface area (TPSA) is 42.1 Å². The van der Waals surface area contributed by atoms with Crippen molar-refractivity contribution in [1.29, 1.82) is 0 Å². The van der Waals surface area contributed by atoms with Crippen molar-refractivity contribution in [2.75, 3.05) is 7.05 Å². The second-order valence-corrected chi connectivity index (χ2v) is 8.22. The molecule has 3 heterocycles. The SMILES string of the molecule is CN1C2CC(OC(=O)C(C)(c3ccccc3)c3ccccc3)C[C@H]1[C@H]1OC21. The van der Waals surface area contributed by atoms with Gasteiger partial charge in [0.1, 0.15) is 23.7 Å². The molecule has 3 aliphatic rings. The Morgan fingerprint density at radius 2 is 1.44 bits per heavy atom. The standard InChI is InChI=1S/C23H25NO3/c1-23(15-9-5-3-6-10-15,16-11-7-4-8-12-16)22(25)26-17-13-18-20-21(27-20)19(14-17)24(18)2/h3-12,17-21H,13-14H2,1-2H3/t17?,18-,19?,20+,21?/m0/s1. The third kappa shape index (κ3) is 2.62. The van der Waals surface area contributed by atoms with Crippen LogP contribution < -0.4 is 0 Å². The lowest BCUT2D eigenvalue weighted by atomic mass is 9.76. The van der Waals surface area contributed by atoms with Crippen LogP contribution in [-0.4, -0.2) is 48.3 Å². The van der Waals surface area contributed by atoms with E-state index < -0.39 is 5.41 Å². The van der Waals surface area contributed by atoms with Crippen molar-refractivity contribution in [1.82, 2.24) is 4.90 Å². The minimum absolute atomic E-state index is 0.0353. The largest absolute Gasteiger partial charge is 0.461 e. The number of esters is 1. The number of morpholine rings is 1. The number of rotatable bonds is 4. The van der Waals surface area contributed by atoms with Crippen LogP contribution in [0.3, 0.4) is 0 Å². The Kier molecular flexibility index (Phi) is 3.88. The molecule has 2 aromatic rings. The lowest BCUT2D eigenvalue weighted by molar-refractivity contribution is -0.158. The number of likely N-dealkylation sites (N-methyl/N-ethyl adjacent to an activating group) is 1. The molecule has 0 N–H and O–H groups in total. The Hall–Kier alpha value is -2.17. The summed E-state index contributed by atoms with van der Waals surface area (Å²) in [5.41, 5.74) is 1.11. The fraction of sp³-hybridized carbons (Fsp3) is 0.435. The molecule has 4 heteroatoms. The van der Waals surface area contributed by atoms with E-state index >= 15 is 0 Å². The lowest BCUT2D eigenvalue weighted by Crippen LogP contribution is -2.49. The third-order valence-electron chi connectivity index (χ3n) is 6.76. The number of epoxide rings is 1. The first-order valence-corrected chi connectivity index (χ1v) is 9.78. The molecule has 0 saturated carbocycles. The van der Waals surface area contributed by atoms with Crippen LogP contribution in [0.4, 0.5) is 0 Å². The van der Waals surface area contributed by atoms with Crippen LogP contribution in [0, 0.1) is 0 Å². The molecular weight excluding hydrogens is 338 g/mol. The average molecular weight is 363 g/mol. The summed E-state index contributed by atoms with van der Waals surface area (Å²) in [7, 11) is 2.17. The molecule has 3 unspecified atom stereocenters. The molecule has 2 bridgehead atoms. The highest BCUT2D eigenvalue weighted by Crippen LogP contribution is 2.48. The fourth-order valence-corrected chi connectivity index (χ4v) is 5.01. The summed E-state index contributed by atoms with van der Waals surface area (Å²) in [6, 6.07) is 20.7. The van der Waals surface area contributed by atoms with Gasteiger partial charge in [-0.25, -0.2) is 0 Å². The van der Waals surface area contributed by atoms with Crippen LogP contribution in [-0.2, 0) is 19.7 Å². The first-order chi connectivity index (χ1) is 13.1. The van der Waals surface area contributed by atoms with Crippen molar-refractivity contribution in [2.24, 2.45) is 0 Å². The van der Waals surface area contributed by atoms with Gasteiger partial charge in [-0.15, -0.1) is 0 Å². The lowest BCUT2D eigenvalue weighted by Gasteiger charge is -2.39. The number of hydrogen-bond donors (Lipinski definition) is 0.